The van der Waals surface area contributed by atoms with E-state index < -0.39 is 0 Å². The molecule has 0 bridgehead atoms. The van der Waals surface area contributed by atoms with Crippen LogP contribution in [0.15, 0.2) is 29.2 Å². The zero-order chi connectivity index (χ0) is 10.7. The molecule has 2 nitrogen and oxygen atoms in total. The monoisotopic (exact) mass is 260 g/mol. The summed E-state index contributed by atoms with van der Waals surface area (Å²) in [7, 11) is 0. The van der Waals surface area contributed by atoms with Crippen LogP contribution < -0.4 is 0 Å². The van der Waals surface area contributed by atoms with Gasteiger partial charge in [-0.2, -0.15) is 4.37 Å². The van der Waals surface area contributed by atoms with Gasteiger partial charge in [-0.05, 0) is 47.4 Å². The Morgan fingerprint density at radius 1 is 1.33 bits per heavy atom. The first-order chi connectivity index (χ1) is 7.24. The molecule has 78 valence electrons. The van der Waals surface area contributed by atoms with Crippen molar-refractivity contribution in [2.24, 2.45) is 0 Å². The summed E-state index contributed by atoms with van der Waals surface area (Å²) in [6.07, 6.45) is 0. The van der Waals surface area contributed by atoms with Gasteiger partial charge in [0.25, 0.3) is 0 Å². The van der Waals surface area contributed by atoms with Crippen LogP contribution >= 0.6 is 34.9 Å². The fourth-order valence-corrected chi connectivity index (χ4v) is 2.44. The highest BCUT2D eigenvalue weighted by molar-refractivity contribution is 7.98. The van der Waals surface area contributed by atoms with Crippen molar-refractivity contribution in [2.45, 2.75) is 10.6 Å². The van der Waals surface area contributed by atoms with Gasteiger partial charge in [0.2, 0.25) is 4.47 Å². The van der Waals surface area contributed by atoms with Crippen LogP contribution in [0.3, 0.4) is 0 Å². The van der Waals surface area contributed by atoms with Crippen molar-refractivity contribution >= 4 is 34.9 Å². The topological polar surface area (TPSA) is 25.8 Å². The first-order valence-corrected chi connectivity index (χ1v) is 6.24. The van der Waals surface area contributed by atoms with E-state index in [1.807, 2.05) is 0 Å². The van der Waals surface area contributed by atoms with Crippen molar-refractivity contribution in [2.75, 3.05) is 0 Å². The molecule has 0 aliphatic carbocycles. The van der Waals surface area contributed by atoms with E-state index in [4.69, 9.17) is 11.6 Å². The number of nitrogens with zero attached hydrogens (tertiary/aromatic N) is 2. The number of thioether (sulfide) groups is 1. The molecule has 0 amide bonds. The lowest BCUT2D eigenvalue weighted by Gasteiger charge is -1.97. The van der Waals surface area contributed by atoms with Gasteiger partial charge < -0.3 is 0 Å². The SMILES string of the molecule is Fc1ccc(SCc2nsc(Cl)n2)cc1. The Morgan fingerprint density at radius 3 is 2.67 bits per heavy atom. The van der Waals surface area contributed by atoms with Crippen molar-refractivity contribution < 1.29 is 4.39 Å². The number of aromatic nitrogens is 2. The summed E-state index contributed by atoms with van der Waals surface area (Å²) in [5, 5.41) is 0. The maximum Gasteiger partial charge on any atom is 0.203 e. The lowest BCUT2D eigenvalue weighted by molar-refractivity contribution is 0.626. The summed E-state index contributed by atoms with van der Waals surface area (Å²) in [5.74, 6) is 1.13. The number of halogens is 2. The molecule has 0 N–H and O–H groups in total. The summed E-state index contributed by atoms with van der Waals surface area (Å²) in [6.45, 7) is 0. The Balaban J connectivity index is 1.96. The number of rotatable bonds is 3. The number of hydrogen-bond acceptors (Lipinski definition) is 4. The second-order valence-corrected chi connectivity index (χ2v) is 5.09. The second-order valence-electron chi connectivity index (χ2n) is 2.71. The standard InChI is InChI=1S/C9H6ClFN2S2/c10-9-12-8(13-15-9)5-14-7-3-1-6(11)2-4-7/h1-4H,5H2. The highest BCUT2D eigenvalue weighted by Gasteiger charge is 2.02. The van der Waals surface area contributed by atoms with Crippen LogP contribution in [0.2, 0.25) is 4.47 Å². The highest BCUT2D eigenvalue weighted by atomic mass is 35.5. The number of benzene rings is 1. The zero-order valence-electron chi connectivity index (χ0n) is 7.48. The van der Waals surface area contributed by atoms with Crippen LogP contribution in [-0.4, -0.2) is 9.36 Å². The predicted molar refractivity (Wildman–Crippen MR) is 60.9 cm³/mol. The summed E-state index contributed by atoms with van der Waals surface area (Å²) < 4.78 is 17.1. The third-order valence-corrected chi connectivity index (χ3v) is 3.47. The minimum Gasteiger partial charge on any atom is -0.207 e. The van der Waals surface area contributed by atoms with E-state index >= 15 is 0 Å². The van der Waals surface area contributed by atoms with Crippen LogP contribution in [0.25, 0.3) is 0 Å². The lowest BCUT2D eigenvalue weighted by Crippen LogP contribution is -1.83. The van der Waals surface area contributed by atoms with E-state index in [1.54, 1.807) is 23.9 Å². The number of hydrogen-bond donors (Lipinski definition) is 0. The Bertz CT molecular complexity index is 444. The normalized spacial score (nSPS) is 10.5. The van der Waals surface area contributed by atoms with Gasteiger partial charge in [-0.15, -0.1) is 11.8 Å². The molecule has 2 aromatic rings. The molecule has 0 aliphatic rings. The van der Waals surface area contributed by atoms with Gasteiger partial charge in [0.15, 0.2) is 5.82 Å². The largest absolute Gasteiger partial charge is 0.207 e. The van der Waals surface area contributed by atoms with E-state index in [9.17, 15) is 4.39 Å². The molecular formula is C9H6ClFN2S2. The summed E-state index contributed by atoms with van der Waals surface area (Å²) >= 11 is 8.37. The highest BCUT2D eigenvalue weighted by Crippen LogP contribution is 2.23. The van der Waals surface area contributed by atoms with Gasteiger partial charge in [0.1, 0.15) is 5.82 Å². The molecule has 6 heteroatoms. The lowest BCUT2D eigenvalue weighted by atomic mass is 10.4. The molecule has 15 heavy (non-hydrogen) atoms. The van der Waals surface area contributed by atoms with Crippen molar-refractivity contribution in [1.82, 2.24) is 9.36 Å². The molecule has 0 radical (unpaired) electrons. The quantitative estimate of drug-likeness (QED) is 0.789. The van der Waals surface area contributed by atoms with E-state index in [0.717, 1.165) is 4.90 Å². The average molecular weight is 261 g/mol. The fraction of sp³-hybridized carbons (Fsp3) is 0.111. The van der Waals surface area contributed by atoms with Gasteiger partial charge >= 0.3 is 0 Å². The molecule has 1 aromatic heterocycles. The maximum absolute atomic E-state index is 12.6. The molecular weight excluding hydrogens is 255 g/mol. The molecule has 0 atom stereocenters. The molecule has 0 unspecified atom stereocenters. The van der Waals surface area contributed by atoms with E-state index in [2.05, 4.69) is 9.36 Å². The van der Waals surface area contributed by atoms with E-state index in [-0.39, 0.29) is 5.82 Å². The van der Waals surface area contributed by atoms with E-state index in [0.29, 0.717) is 16.0 Å². The van der Waals surface area contributed by atoms with Crippen LogP contribution in [-0.2, 0) is 5.75 Å². The Labute approximate surface area is 99.7 Å². The molecule has 2 rings (SSSR count). The van der Waals surface area contributed by atoms with Crippen LogP contribution in [0, 0.1) is 5.82 Å². The first-order valence-electron chi connectivity index (χ1n) is 4.10. The zero-order valence-corrected chi connectivity index (χ0v) is 9.87. The van der Waals surface area contributed by atoms with Crippen molar-refractivity contribution in [3.05, 3.63) is 40.4 Å². The molecule has 1 heterocycles. The summed E-state index contributed by atoms with van der Waals surface area (Å²) in [4.78, 5) is 5.01. The van der Waals surface area contributed by atoms with E-state index in [1.165, 1.54) is 23.7 Å². The molecule has 0 spiro atoms. The predicted octanol–water partition coefficient (Wildman–Crippen LogP) is 3.62. The minimum atomic E-state index is -0.228. The third kappa shape index (κ3) is 3.15. The van der Waals surface area contributed by atoms with Gasteiger partial charge in [-0.3, -0.25) is 0 Å². The molecule has 0 fully saturated rings. The average Bonchev–Trinajstić information content (AvgIpc) is 2.64. The maximum atomic E-state index is 12.6. The Morgan fingerprint density at radius 2 is 2.07 bits per heavy atom. The van der Waals surface area contributed by atoms with Crippen LogP contribution in [0.4, 0.5) is 4.39 Å². The second kappa shape index (κ2) is 4.92. The smallest absolute Gasteiger partial charge is 0.203 e. The summed E-state index contributed by atoms with van der Waals surface area (Å²) in [5.41, 5.74) is 0. The van der Waals surface area contributed by atoms with Gasteiger partial charge in [-0.25, -0.2) is 9.37 Å². The van der Waals surface area contributed by atoms with Crippen molar-refractivity contribution in [3.63, 3.8) is 0 Å². The van der Waals surface area contributed by atoms with Crippen LogP contribution in [0.5, 0.6) is 0 Å². The summed E-state index contributed by atoms with van der Waals surface area (Å²) in [6, 6.07) is 6.33. The minimum absolute atomic E-state index is 0.228. The van der Waals surface area contributed by atoms with Crippen molar-refractivity contribution in [1.29, 1.82) is 0 Å². The Hall–Kier alpha value is -0.650. The van der Waals surface area contributed by atoms with Gasteiger partial charge in [-0.1, -0.05) is 0 Å². The first kappa shape index (κ1) is 10.9. The third-order valence-electron chi connectivity index (χ3n) is 1.62. The molecule has 0 saturated heterocycles. The Kier molecular flexibility index (Phi) is 3.56. The van der Waals surface area contributed by atoms with Gasteiger partial charge in [0, 0.05) is 4.90 Å². The van der Waals surface area contributed by atoms with Crippen LogP contribution in [0.1, 0.15) is 5.82 Å². The molecule has 0 saturated carbocycles. The van der Waals surface area contributed by atoms with Crippen molar-refractivity contribution in [3.8, 4) is 0 Å². The molecule has 1 aromatic carbocycles. The fourth-order valence-electron chi connectivity index (χ4n) is 0.970. The molecule has 0 aliphatic heterocycles. The van der Waals surface area contributed by atoms with Gasteiger partial charge in [0.05, 0.1) is 5.75 Å².